The summed E-state index contributed by atoms with van der Waals surface area (Å²) in [6, 6.07) is 3.99. The molecule has 1 fully saturated rings. The van der Waals surface area contributed by atoms with Crippen molar-refractivity contribution < 1.29 is 9.13 Å². The fraction of sp³-hybridized carbons (Fsp3) is 0.700. The lowest BCUT2D eigenvalue weighted by Gasteiger charge is -2.47. The lowest BCUT2D eigenvalue weighted by Crippen LogP contribution is -2.56. The quantitative estimate of drug-likeness (QED) is 0.774. The molecule has 0 atom stereocenters. The van der Waals surface area contributed by atoms with E-state index in [-0.39, 0.29) is 22.4 Å². The van der Waals surface area contributed by atoms with Gasteiger partial charge < -0.3 is 4.74 Å². The molecule has 2 rings (SSSR count). The van der Waals surface area contributed by atoms with Gasteiger partial charge in [0.25, 0.3) is 0 Å². The van der Waals surface area contributed by atoms with Crippen LogP contribution in [0.4, 0.5) is 4.39 Å². The molecule has 1 aromatic carbocycles. The van der Waals surface area contributed by atoms with Crippen LogP contribution in [0.5, 0.6) is 0 Å². The second kappa shape index (κ2) is 5.86. The van der Waals surface area contributed by atoms with E-state index >= 15 is 4.39 Å². The summed E-state index contributed by atoms with van der Waals surface area (Å²) in [5.74, 6) is -0.0420. The Morgan fingerprint density at radius 1 is 1.09 bits per heavy atom. The summed E-state index contributed by atoms with van der Waals surface area (Å²) in [5, 5.41) is 0. The lowest BCUT2D eigenvalue weighted by molar-refractivity contribution is -0.182. The van der Waals surface area contributed by atoms with Crippen molar-refractivity contribution in [1.29, 1.82) is 0 Å². The number of benzene rings is 1. The third kappa shape index (κ3) is 4.33. The van der Waals surface area contributed by atoms with Crippen LogP contribution < -0.4 is 0 Å². The van der Waals surface area contributed by atoms with Gasteiger partial charge in [-0.3, -0.25) is 4.90 Å². The minimum Gasteiger partial charge on any atom is -0.367 e. The van der Waals surface area contributed by atoms with Crippen LogP contribution in [0.2, 0.25) is 0 Å². The molecule has 0 bridgehead atoms. The molecule has 0 aliphatic carbocycles. The smallest absolute Gasteiger partial charge is 0.131 e. The SMILES string of the molecule is Cc1ccc(CN2CC(C)(C)OC(C)(C)C2)c(F)c1C(C)(C)C. The summed E-state index contributed by atoms with van der Waals surface area (Å²) in [6.07, 6.45) is 0. The molecule has 1 saturated heterocycles. The predicted octanol–water partition coefficient (Wildman–Crippen LogP) is 4.82. The van der Waals surface area contributed by atoms with Crippen molar-refractivity contribution in [2.24, 2.45) is 0 Å². The molecule has 1 heterocycles. The molecule has 1 aliphatic rings. The molecule has 23 heavy (non-hydrogen) atoms. The molecule has 3 heteroatoms. The summed E-state index contributed by atoms with van der Waals surface area (Å²) < 4.78 is 21.2. The predicted molar refractivity (Wildman–Crippen MR) is 94.4 cm³/mol. The lowest BCUT2D eigenvalue weighted by atomic mass is 9.82. The Balaban J connectivity index is 2.31. The highest BCUT2D eigenvalue weighted by molar-refractivity contribution is 5.37. The highest BCUT2D eigenvalue weighted by Gasteiger charge is 2.38. The number of ether oxygens (including phenoxy) is 1. The zero-order chi connectivity index (χ0) is 17.6. The van der Waals surface area contributed by atoms with Crippen molar-refractivity contribution in [2.45, 2.75) is 78.6 Å². The zero-order valence-electron chi connectivity index (χ0n) is 16.0. The highest BCUT2D eigenvalue weighted by Crippen LogP contribution is 2.33. The van der Waals surface area contributed by atoms with E-state index in [0.29, 0.717) is 6.54 Å². The molecule has 1 aliphatic heterocycles. The molecule has 0 saturated carbocycles. The first kappa shape index (κ1) is 18.4. The van der Waals surface area contributed by atoms with Crippen LogP contribution in [0.3, 0.4) is 0 Å². The first-order valence-electron chi connectivity index (χ1n) is 8.52. The Morgan fingerprint density at radius 2 is 1.61 bits per heavy atom. The fourth-order valence-electron chi connectivity index (χ4n) is 4.06. The number of hydrogen-bond acceptors (Lipinski definition) is 2. The third-order valence-electron chi connectivity index (χ3n) is 4.34. The van der Waals surface area contributed by atoms with Gasteiger partial charge >= 0.3 is 0 Å². The van der Waals surface area contributed by atoms with E-state index < -0.39 is 0 Å². The summed E-state index contributed by atoms with van der Waals surface area (Å²) in [5.41, 5.74) is 2.04. The molecular weight excluding hydrogens is 289 g/mol. The molecule has 1 aromatic rings. The Kier molecular flexibility index (Phi) is 4.69. The molecule has 2 nitrogen and oxygen atoms in total. The summed E-state index contributed by atoms with van der Waals surface area (Å²) in [4.78, 5) is 2.31. The van der Waals surface area contributed by atoms with Crippen molar-refractivity contribution >= 4 is 0 Å². The largest absolute Gasteiger partial charge is 0.367 e. The van der Waals surface area contributed by atoms with Crippen molar-refractivity contribution in [3.8, 4) is 0 Å². The van der Waals surface area contributed by atoms with E-state index in [2.05, 4.69) is 59.4 Å². The highest BCUT2D eigenvalue weighted by atomic mass is 19.1. The molecule has 0 amide bonds. The van der Waals surface area contributed by atoms with Crippen LogP contribution in [-0.2, 0) is 16.7 Å². The first-order valence-corrected chi connectivity index (χ1v) is 8.52. The first-order chi connectivity index (χ1) is 10.3. The summed E-state index contributed by atoms with van der Waals surface area (Å²) >= 11 is 0. The summed E-state index contributed by atoms with van der Waals surface area (Å²) in [6.45, 7) is 18.9. The van der Waals surface area contributed by atoms with Gasteiger partial charge in [0.05, 0.1) is 11.2 Å². The number of hydrogen-bond donors (Lipinski definition) is 0. The number of halogens is 1. The van der Waals surface area contributed by atoms with Crippen molar-refractivity contribution in [3.05, 3.63) is 34.6 Å². The topological polar surface area (TPSA) is 12.5 Å². The van der Waals surface area contributed by atoms with Gasteiger partial charge in [0.1, 0.15) is 5.82 Å². The molecule has 0 aromatic heterocycles. The number of nitrogens with zero attached hydrogens (tertiary/aromatic N) is 1. The van der Waals surface area contributed by atoms with Crippen LogP contribution in [0.25, 0.3) is 0 Å². The molecule has 0 unspecified atom stereocenters. The van der Waals surface area contributed by atoms with Gasteiger partial charge in [0.15, 0.2) is 0 Å². The maximum absolute atomic E-state index is 15.1. The average Bonchev–Trinajstić information content (AvgIpc) is 2.27. The normalized spacial score (nSPS) is 21.4. The monoisotopic (exact) mass is 321 g/mol. The minimum absolute atomic E-state index is 0.0420. The van der Waals surface area contributed by atoms with Crippen molar-refractivity contribution in [1.82, 2.24) is 4.90 Å². The standard InChI is InChI=1S/C20H32FNO/c1-14-9-10-15(17(21)16(14)18(2,3)4)11-22-12-19(5,6)23-20(7,8)13-22/h9-10H,11-13H2,1-8H3. The molecule has 0 spiro atoms. The van der Waals surface area contributed by atoms with Gasteiger partial charge in [-0.2, -0.15) is 0 Å². The van der Waals surface area contributed by atoms with E-state index in [4.69, 9.17) is 4.74 Å². The zero-order valence-corrected chi connectivity index (χ0v) is 16.0. The third-order valence-corrected chi connectivity index (χ3v) is 4.34. The number of morpholine rings is 1. The van der Waals surface area contributed by atoms with E-state index in [9.17, 15) is 0 Å². The second-order valence-corrected chi connectivity index (χ2v) is 9.25. The van der Waals surface area contributed by atoms with Gasteiger partial charge in [-0.1, -0.05) is 32.9 Å². The van der Waals surface area contributed by atoms with Gasteiger partial charge in [0.2, 0.25) is 0 Å². The van der Waals surface area contributed by atoms with Crippen molar-refractivity contribution in [2.75, 3.05) is 13.1 Å². The van der Waals surface area contributed by atoms with E-state index in [0.717, 1.165) is 29.8 Å². The molecule has 0 N–H and O–H groups in total. The minimum atomic E-state index is -0.213. The van der Waals surface area contributed by atoms with Gasteiger partial charge in [-0.15, -0.1) is 0 Å². The van der Waals surface area contributed by atoms with Crippen LogP contribution in [0.1, 0.15) is 65.2 Å². The molecular formula is C20H32FNO. The van der Waals surface area contributed by atoms with Crippen LogP contribution >= 0.6 is 0 Å². The van der Waals surface area contributed by atoms with E-state index in [1.54, 1.807) is 0 Å². The number of rotatable bonds is 2. The Hall–Kier alpha value is -0.930. The Morgan fingerprint density at radius 3 is 2.09 bits per heavy atom. The Labute approximate surface area is 141 Å². The van der Waals surface area contributed by atoms with Crippen LogP contribution in [-0.4, -0.2) is 29.2 Å². The van der Waals surface area contributed by atoms with Crippen molar-refractivity contribution in [3.63, 3.8) is 0 Å². The van der Waals surface area contributed by atoms with Crippen LogP contribution in [0.15, 0.2) is 12.1 Å². The van der Waals surface area contributed by atoms with Gasteiger partial charge in [-0.05, 0) is 51.2 Å². The second-order valence-electron chi connectivity index (χ2n) is 9.25. The van der Waals surface area contributed by atoms with E-state index in [1.165, 1.54) is 0 Å². The summed E-state index contributed by atoms with van der Waals surface area (Å²) in [7, 11) is 0. The van der Waals surface area contributed by atoms with Crippen LogP contribution in [0, 0.1) is 12.7 Å². The van der Waals surface area contributed by atoms with E-state index in [1.807, 2.05) is 13.0 Å². The maximum atomic E-state index is 15.1. The molecule has 0 radical (unpaired) electrons. The fourth-order valence-corrected chi connectivity index (χ4v) is 4.06. The molecule has 130 valence electrons. The van der Waals surface area contributed by atoms with Gasteiger partial charge in [-0.25, -0.2) is 4.39 Å². The van der Waals surface area contributed by atoms with Gasteiger partial charge in [0, 0.05) is 25.2 Å². The average molecular weight is 321 g/mol. The maximum Gasteiger partial charge on any atom is 0.131 e. The Bertz CT molecular complexity index is 568. The number of aryl methyl sites for hydroxylation is 1.